The molecule has 0 fully saturated rings. The van der Waals surface area contributed by atoms with E-state index in [0.717, 1.165) is 0 Å². The quantitative estimate of drug-likeness (QED) is 0.553. The zero-order valence-electron chi connectivity index (χ0n) is 5.34. The van der Waals surface area contributed by atoms with E-state index < -0.39 is 12.0 Å². The van der Waals surface area contributed by atoms with E-state index in [4.69, 9.17) is 10.8 Å². The van der Waals surface area contributed by atoms with E-state index >= 15 is 0 Å². The Bertz CT molecular complexity index is 211. The average molecular weight is 144 g/mol. The molecule has 0 bridgehead atoms. The van der Waals surface area contributed by atoms with Crippen molar-refractivity contribution in [2.24, 2.45) is 5.73 Å². The van der Waals surface area contributed by atoms with Crippen LogP contribution in [0.15, 0.2) is 12.3 Å². The molecule has 56 valence electrons. The highest BCUT2D eigenvalue weighted by Gasteiger charge is 2.05. The van der Waals surface area contributed by atoms with Crippen LogP contribution in [0.25, 0.3) is 0 Å². The summed E-state index contributed by atoms with van der Waals surface area (Å²) >= 11 is 0. The monoisotopic (exact) mass is 144 g/mol. The fourth-order valence-electron chi connectivity index (χ4n) is 0.701. The maximum absolute atomic E-state index is 12.2. The van der Waals surface area contributed by atoms with Crippen LogP contribution in [0.1, 0.15) is 11.6 Å². The zero-order valence-corrected chi connectivity index (χ0v) is 5.34. The van der Waals surface area contributed by atoms with Crippen molar-refractivity contribution in [2.75, 3.05) is 6.61 Å². The first-order chi connectivity index (χ1) is 4.74. The maximum Gasteiger partial charge on any atom is 0.191 e. The number of nitrogens with one attached hydrogen (secondary N) is 1. The predicted molar refractivity (Wildman–Crippen MR) is 34.8 cm³/mol. The molecular weight excluding hydrogens is 135 g/mol. The third-order valence-electron chi connectivity index (χ3n) is 1.29. The van der Waals surface area contributed by atoms with Gasteiger partial charge in [0, 0.05) is 6.20 Å². The van der Waals surface area contributed by atoms with Crippen molar-refractivity contribution in [1.29, 1.82) is 0 Å². The molecule has 4 heteroatoms. The standard InChI is InChI=1S/C6H9FN2O/c7-6-1-4(2-9-6)5(8)3-10/h1-2,5,9-10H,3,8H2. The number of nitrogens with two attached hydrogens (primary N) is 1. The number of aliphatic hydroxyl groups excluding tert-OH is 1. The highest BCUT2D eigenvalue weighted by molar-refractivity contribution is 5.14. The molecule has 0 amide bonds. The molecule has 1 atom stereocenters. The minimum atomic E-state index is -0.485. The molecular formula is C6H9FN2O. The summed E-state index contributed by atoms with van der Waals surface area (Å²) in [5.74, 6) is -0.432. The van der Waals surface area contributed by atoms with E-state index in [-0.39, 0.29) is 6.61 Å². The Kier molecular flexibility index (Phi) is 2.03. The second-order valence-corrected chi connectivity index (χ2v) is 2.07. The Morgan fingerprint density at radius 2 is 2.50 bits per heavy atom. The first kappa shape index (κ1) is 7.24. The lowest BCUT2D eigenvalue weighted by molar-refractivity contribution is 0.268. The lowest BCUT2D eigenvalue weighted by Crippen LogP contribution is -2.13. The largest absolute Gasteiger partial charge is 0.394 e. The Hall–Kier alpha value is -0.870. The van der Waals surface area contributed by atoms with Crippen molar-refractivity contribution in [3.8, 4) is 0 Å². The van der Waals surface area contributed by atoms with E-state index in [2.05, 4.69) is 4.98 Å². The summed E-state index contributed by atoms with van der Waals surface area (Å²) in [5.41, 5.74) is 5.95. The van der Waals surface area contributed by atoms with Crippen LogP contribution >= 0.6 is 0 Å². The molecule has 0 aromatic carbocycles. The van der Waals surface area contributed by atoms with E-state index in [1.807, 2.05) is 0 Å². The fourth-order valence-corrected chi connectivity index (χ4v) is 0.701. The summed E-state index contributed by atoms with van der Waals surface area (Å²) in [5, 5.41) is 8.54. The topological polar surface area (TPSA) is 62.0 Å². The average Bonchev–Trinajstić information content (AvgIpc) is 2.34. The molecule has 0 aliphatic carbocycles. The van der Waals surface area contributed by atoms with E-state index in [9.17, 15) is 4.39 Å². The first-order valence-corrected chi connectivity index (χ1v) is 2.94. The Balaban J connectivity index is 2.74. The molecule has 10 heavy (non-hydrogen) atoms. The predicted octanol–water partition coefficient (Wildman–Crippen LogP) is 0.146. The van der Waals surface area contributed by atoms with Gasteiger partial charge in [-0.15, -0.1) is 0 Å². The Labute approximate surface area is 57.7 Å². The first-order valence-electron chi connectivity index (χ1n) is 2.94. The molecule has 1 unspecified atom stereocenters. The van der Waals surface area contributed by atoms with Crippen molar-refractivity contribution < 1.29 is 9.50 Å². The summed E-state index contributed by atoms with van der Waals surface area (Å²) in [6.45, 7) is -0.169. The van der Waals surface area contributed by atoms with Crippen LogP contribution in [0.3, 0.4) is 0 Å². The van der Waals surface area contributed by atoms with Gasteiger partial charge in [-0.05, 0) is 11.6 Å². The fraction of sp³-hybridized carbons (Fsp3) is 0.333. The molecule has 1 aromatic heterocycles. The van der Waals surface area contributed by atoms with E-state index in [1.54, 1.807) is 0 Å². The number of hydrogen-bond acceptors (Lipinski definition) is 2. The summed E-state index contributed by atoms with van der Waals surface area (Å²) in [4.78, 5) is 2.33. The molecule has 1 aromatic rings. The van der Waals surface area contributed by atoms with Crippen molar-refractivity contribution in [2.45, 2.75) is 6.04 Å². The van der Waals surface area contributed by atoms with Gasteiger partial charge in [-0.1, -0.05) is 0 Å². The van der Waals surface area contributed by atoms with Crippen LogP contribution in [0.2, 0.25) is 0 Å². The molecule has 0 aliphatic rings. The van der Waals surface area contributed by atoms with Gasteiger partial charge in [-0.2, -0.15) is 4.39 Å². The third-order valence-corrected chi connectivity index (χ3v) is 1.29. The lowest BCUT2D eigenvalue weighted by atomic mass is 10.2. The number of aromatic amines is 1. The van der Waals surface area contributed by atoms with Crippen LogP contribution in [0.4, 0.5) is 4.39 Å². The van der Waals surface area contributed by atoms with Gasteiger partial charge < -0.3 is 15.8 Å². The smallest absolute Gasteiger partial charge is 0.191 e. The van der Waals surface area contributed by atoms with Crippen LogP contribution in [0.5, 0.6) is 0 Å². The zero-order chi connectivity index (χ0) is 7.56. The van der Waals surface area contributed by atoms with Gasteiger partial charge in [-0.25, -0.2) is 0 Å². The number of rotatable bonds is 2. The van der Waals surface area contributed by atoms with Crippen LogP contribution in [-0.2, 0) is 0 Å². The van der Waals surface area contributed by atoms with Crippen LogP contribution < -0.4 is 5.73 Å². The Morgan fingerprint density at radius 1 is 1.80 bits per heavy atom. The summed E-state index contributed by atoms with van der Waals surface area (Å²) in [6, 6.07) is 0.779. The SMILES string of the molecule is NC(CO)c1c[nH]c(F)c1. The molecule has 0 aliphatic heterocycles. The normalized spacial score (nSPS) is 13.5. The molecule has 0 saturated carbocycles. The van der Waals surface area contributed by atoms with Gasteiger partial charge in [0.1, 0.15) is 0 Å². The second kappa shape index (κ2) is 2.81. The molecule has 0 spiro atoms. The molecule has 1 rings (SSSR count). The van der Waals surface area contributed by atoms with Gasteiger partial charge in [-0.3, -0.25) is 0 Å². The summed E-state index contributed by atoms with van der Waals surface area (Å²) in [7, 11) is 0. The van der Waals surface area contributed by atoms with Crippen molar-refractivity contribution in [3.05, 3.63) is 23.8 Å². The van der Waals surface area contributed by atoms with E-state index in [0.29, 0.717) is 5.56 Å². The van der Waals surface area contributed by atoms with Gasteiger partial charge in [0.15, 0.2) is 5.95 Å². The number of H-pyrrole nitrogens is 1. The molecule has 0 radical (unpaired) electrons. The second-order valence-electron chi connectivity index (χ2n) is 2.07. The summed E-state index contributed by atoms with van der Waals surface area (Å²) < 4.78 is 12.2. The third kappa shape index (κ3) is 1.34. The highest BCUT2D eigenvalue weighted by atomic mass is 19.1. The van der Waals surface area contributed by atoms with Crippen molar-refractivity contribution in [3.63, 3.8) is 0 Å². The van der Waals surface area contributed by atoms with Crippen LogP contribution in [-0.4, -0.2) is 16.7 Å². The number of hydrogen-bond donors (Lipinski definition) is 3. The minimum absolute atomic E-state index is 0.169. The number of aliphatic hydroxyl groups is 1. The van der Waals surface area contributed by atoms with Gasteiger partial charge in [0.05, 0.1) is 12.6 Å². The van der Waals surface area contributed by atoms with Gasteiger partial charge in [0.25, 0.3) is 0 Å². The van der Waals surface area contributed by atoms with E-state index in [1.165, 1.54) is 12.3 Å². The number of halogens is 1. The molecule has 4 N–H and O–H groups in total. The summed E-state index contributed by atoms with van der Waals surface area (Å²) in [6.07, 6.45) is 1.44. The molecule has 1 heterocycles. The Morgan fingerprint density at radius 3 is 2.90 bits per heavy atom. The van der Waals surface area contributed by atoms with Crippen molar-refractivity contribution in [1.82, 2.24) is 4.98 Å². The maximum atomic E-state index is 12.2. The van der Waals surface area contributed by atoms with Crippen molar-refractivity contribution >= 4 is 0 Å². The van der Waals surface area contributed by atoms with Gasteiger partial charge in [0.2, 0.25) is 0 Å². The molecule has 3 nitrogen and oxygen atoms in total. The van der Waals surface area contributed by atoms with Gasteiger partial charge >= 0.3 is 0 Å². The lowest BCUT2D eigenvalue weighted by Gasteiger charge is -2.02. The minimum Gasteiger partial charge on any atom is -0.394 e. The van der Waals surface area contributed by atoms with Crippen LogP contribution in [0, 0.1) is 5.95 Å². The molecule has 0 saturated heterocycles. The number of aromatic nitrogens is 1. The highest BCUT2D eigenvalue weighted by Crippen LogP contribution is 2.09.